The van der Waals surface area contributed by atoms with E-state index in [-0.39, 0.29) is 16.5 Å². The number of thiazole rings is 1. The zero-order chi connectivity index (χ0) is 27.5. The number of para-hydroxylation sites is 1. The summed E-state index contributed by atoms with van der Waals surface area (Å²) >= 11 is 1.05. The van der Waals surface area contributed by atoms with Crippen molar-refractivity contribution in [1.82, 2.24) is 4.98 Å². The average molecular weight is 537 g/mol. The third-order valence-corrected chi connectivity index (χ3v) is 7.42. The summed E-state index contributed by atoms with van der Waals surface area (Å²) < 4.78 is 5.99. The predicted octanol–water partition coefficient (Wildman–Crippen LogP) is 6.63. The summed E-state index contributed by atoms with van der Waals surface area (Å²) in [6.45, 7) is 3.11. The Labute approximate surface area is 229 Å². The second-order valence-electron chi connectivity index (χ2n) is 8.90. The molecule has 39 heavy (non-hydrogen) atoms. The summed E-state index contributed by atoms with van der Waals surface area (Å²) in [6.07, 6.45) is 2.96. The number of aryl methyl sites for hydroxylation is 1. The predicted molar refractivity (Wildman–Crippen MR) is 150 cm³/mol. The highest BCUT2D eigenvalue weighted by Gasteiger charge is 2.45. The standard InChI is InChI=1S/C31H24N2O5S/c1-19-29(20(2)34)39-31(32-19)33-27(22-12-9-15-24(18-22)38-23-13-7-4-8-14-23)26(28(36)30(33)37)25(35)17-16-21-10-5-3-6-11-21/h3-18,27,36H,1-2H3/b17-16+. The summed E-state index contributed by atoms with van der Waals surface area (Å²) in [7, 11) is 0. The van der Waals surface area contributed by atoms with E-state index in [0.29, 0.717) is 27.6 Å². The van der Waals surface area contributed by atoms with Crippen LogP contribution in [0.2, 0.25) is 0 Å². The zero-order valence-electron chi connectivity index (χ0n) is 21.2. The Kier molecular flexibility index (Phi) is 7.21. The maximum absolute atomic E-state index is 13.5. The Bertz CT molecular complexity index is 1620. The van der Waals surface area contributed by atoms with Crippen molar-refractivity contribution < 1.29 is 24.2 Å². The van der Waals surface area contributed by atoms with Crippen molar-refractivity contribution in [3.63, 3.8) is 0 Å². The number of ketones is 2. The second-order valence-corrected chi connectivity index (χ2v) is 9.88. The molecule has 1 amide bonds. The van der Waals surface area contributed by atoms with Crippen molar-refractivity contribution in [1.29, 1.82) is 0 Å². The highest BCUT2D eigenvalue weighted by molar-refractivity contribution is 7.17. The molecular formula is C31H24N2O5S. The molecule has 1 aromatic heterocycles. The van der Waals surface area contributed by atoms with E-state index in [1.54, 1.807) is 37.3 Å². The highest BCUT2D eigenvalue weighted by atomic mass is 32.1. The molecule has 1 aliphatic heterocycles. The number of allylic oxidation sites excluding steroid dienone is 1. The number of rotatable bonds is 8. The fourth-order valence-electron chi connectivity index (χ4n) is 4.38. The van der Waals surface area contributed by atoms with Gasteiger partial charge in [-0.05, 0) is 48.4 Å². The zero-order valence-corrected chi connectivity index (χ0v) is 22.0. The first-order valence-corrected chi connectivity index (χ1v) is 13.0. The molecule has 1 unspecified atom stereocenters. The van der Waals surface area contributed by atoms with Gasteiger partial charge in [0.25, 0.3) is 5.91 Å². The van der Waals surface area contributed by atoms with E-state index in [1.807, 2.05) is 60.7 Å². The molecule has 3 aromatic carbocycles. The summed E-state index contributed by atoms with van der Waals surface area (Å²) in [6, 6.07) is 24.5. The minimum atomic E-state index is -0.991. The molecule has 194 valence electrons. The van der Waals surface area contributed by atoms with Gasteiger partial charge in [0.1, 0.15) is 11.5 Å². The number of hydrogen-bond acceptors (Lipinski definition) is 7. The number of Topliss-reactive ketones (excluding diaryl/α,β-unsaturated/α-hetero) is 1. The fraction of sp³-hybridized carbons (Fsp3) is 0.0968. The summed E-state index contributed by atoms with van der Waals surface area (Å²) in [4.78, 5) is 45.2. The topological polar surface area (TPSA) is 96.8 Å². The fourth-order valence-corrected chi connectivity index (χ4v) is 5.37. The first kappa shape index (κ1) is 25.8. The van der Waals surface area contributed by atoms with Crippen LogP contribution in [0.5, 0.6) is 11.5 Å². The lowest BCUT2D eigenvalue weighted by atomic mass is 9.95. The van der Waals surface area contributed by atoms with Gasteiger partial charge in [0.2, 0.25) is 0 Å². The normalized spacial score (nSPS) is 15.3. The van der Waals surface area contributed by atoms with Gasteiger partial charge in [-0.15, -0.1) is 0 Å². The number of aliphatic hydroxyl groups excluding tert-OH is 1. The molecule has 1 aliphatic rings. The van der Waals surface area contributed by atoms with Gasteiger partial charge in [-0.1, -0.05) is 78.1 Å². The number of benzene rings is 3. The molecule has 0 saturated carbocycles. The van der Waals surface area contributed by atoms with Crippen LogP contribution in [0.4, 0.5) is 5.13 Å². The third kappa shape index (κ3) is 5.28. The number of aliphatic hydroxyl groups is 1. The van der Waals surface area contributed by atoms with Gasteiger partial charge in [-0.25, -0.2) is 4.98 Å². The van der Waals surface area contributed by atoms with E-state index in [0.717, 1.165) is 16.9 Å². The van der Waals surface area contributed by atoms with Crippen LogP contribution < -0.4 is 9.64 Å². The Balaban J connectivity index is 1.59. The molecule has 1 N–H and O–H groups in total. The number of nitrogens with zero attached hydrogens (tertiary/aromatic N) is 2. The quantitative estimate of drug-likeness (QED) is 0.201. The molecule has 5 rings (SSSR count). The molecule has 0 spiro atoms. The Hall–Kier alpha value is -4.82. The number of ether oxygens (including phenoxy) is 1. The van der Waals surface area contributed by atoms with E-state index >= 15 is 0 Å². The van der Waals surface area contributed by atoms with Gasteiger partial charge in [-0.2, -0.15) is 0 Å². The van der Waals surface area contributed by atoms with Crippen molar-refractivity contribution >= 4 is 40.0 Å². The number of carbonyl (C=O) groups is 3. The van der Waals surface area contributed by atoms with Gasteiger partial charge < -0.3 is 9.84 Å². The van der Waals surface area contributed by atoms with Gasteiger partial charge >= 0.3 is 0 Å². The first-order chi connectivity index (χ1) is 18.8. The monoisotopic (exact) mass is 536 g/mol. The highest BCUT2D eigenvalue weighted by Crippen LogP contribution is 2.44. The Morgan fingerprint density at radius 3 is 2.31 bits per heavy atom. The van der Waals surface area contributed by atoms with Gasteiger partial charge in [-0.3, -0.25) is 19.3 Å². The molecule has 4 aromatic rings. The molecule has 0 fully saturated rings. The lowest BCUT2D eigenvalue weighted by Crippen LogP contribution is -2.30. The summed E-state index contributed by atoms with van der Waals surface area (Å²) in [5.74, 6) is -1.02. The molecule has 0 saturated heterocycles. The Morgan fingerprint density at radius 1 is 0.974 bits per heavy atom. The molecular weight excluding hydrogens is 512 g/mol. The SMILES string of the molecule is CC(=O)c1sc(N2C(=O)C(O)=C(C(=O)/C=C/c3ccccc3)C2c2cccc(Oc3ccccc3)c2)nc1C. The number of aromatic nitrogens is 1. The van der Waals surface area contributed by atoms with Gasteiger partial charge in [0.05, 0.1) is 22.2 Å². The van der Waals surface area contributed by atoms with Crippen LogP contribution in [0, 0.1) is 6.92 Å². The largest absolute Gasteiger partial charge is 0.503 e. The number of amides is 1. The van der Waals surface area contributed by atoms with E-state index in [9.17, 15) is 19.5 Å². The van der Waals surface area contributed by atoms with E-state index in [1.165, 1.54) is 17.9 Å². The van der Waals surface area contributed by atoms with Crippen molar-refractivity contribution in [2.45, 2.75) is 19.9 Å². The molecule has 1 atom stereocenters. The van der Waals surface area contributed by atoms with Crippen LogP contribution in [0.1, 0.15) is 39.5 Å². The minimum absolute atomic E-state index is 0.0822. The number of anilines is 1. The number of hydrogen-bond donors (Lipinski definition) is 1. The molecule has 8 heteroatoms. The van der Waals surface area contributed by atoms with Crippen molar-refractivity contribution in [3.05, 3.63) is 124 Å². The molecule has 0 aliphatic carbocycles. The van der Waals surface area contributed by atoms with Crippen LogP contribution >= 0.6 is 11.3 Å². The number of carbonyl (C=O) groups excluding carboxylic acids is 3. The van der Waals surface area contributed by atoms with E-state index in [4.69, 9.17) is 4.74 Å². The van der Waals surface area contributed by atoms with Gasteiger partial charge in [0, 0.05) is 6.92 Å². The first-order valence-electron chi connectivity index (χ1n) is 12.2. The van der Waals surface area contributed by atoms with Crippen LogP contribution in [0.3, 0.4) is 0 Å². The van der Waals surface area contributed by atoms with Crippen LogP contribution in [0.15, 0.2) is 102 Å². The lowest BCUT2D eigenvalue weighted by molar-refractivity contribution is -0.117. The van der Waals surface area contributed by atoms with Crippen molar-refractivity contribution in [2.75, 3.05) is 4.90 Å². The Morgan fingerprint density at radius 2 is 1.64 bits per heavy atom. The lowest BCUT2D eigenvalue weighted by Gasteiger charge is -2.24. The maximum Gasteiger partial charge on any atom is 0.296 e. The third-order valence-electron chi connectivity index (χ3n) is 6.16. The second kappa shape index (κ2) is 10.9. The minimum Gasteiger partial charge on any atom is -0.503 e. The van der Waals surface area contributed by atoms with Gasteiger partial charge in [0.15, 0.2) is 22.5 Å². The van der Waals surface area contributed by atoms with Crippen LogP contribution in [-0.4, -0.2) is 27.6 Å². The smallest absolute Gasteiger partial charge is 0.296 e. The van der Waals surface area contributed by atoms with Crippen LogP contribution in [-0.2, 0) is 9.59 Å². The maximum atomic E-state index is 13.5. The average Bonchev–Trinajstić information content (AvgIpc) is 3.45. The van der Waals surface area contributed by atoms with Crippen molar-refractivity contribution in [2.24, 2.45) is 0 Å². The molecule has 0 radical (unpaired) electrons. The molecule has 7 nitrogen and oxygen atoms in total. The van der Waals surface area contributed by atoms with E-state index < -0.39 is 23.5 Å². The molecule has 2 heterocycles. The van der Waals surface area contributed by atoms with Crippen LogP contribution in [0.25, 0.3) is 6.08 Å². The molecule has 0 bridgehead atoms. The van der Waals surface area contributed by atoms with E-state index in [2.05, 4.69) is 4.98 Å². The van der Waals surface area contributed by atoms with Crippen molar-refractivity contribution in [3.8, 4) is 11.5 Å². The summed E-state index contributed by atoms with van der Waals surface area (Å²) in [5, 5.41) is 11.2. The summed E-state index contributed by atoms with van der Waals surface area (Å²) in [5.41, 5.74) is 1.72.